The first-order valence-electron chi connectivity index (χ1n) is 10.9. The van der Waals surface area contributed by atoms with Crippen LogP contribution in [0.2, 0.25) is 0 Å². The molecule has 0 saturated heterocycles. The Hall–Kier alpha value is -4.71. The van der Waals surface area contributed by atoms with Crippen LogP contribution in [0, 0.1) is 0 Å². The summed E-state index contributed by atoms with van der Waals surface area (Å²) in [4.78, 5) is 33.8. The molecule has 0 bridgehead atoms. The van der Waals surface area contributed by atoms with Crippen molar-refractivity contribution in [1.82, 2.24) is 9.97 Å². The number of H-pyrrole nitrogens is 1. The molecule has 0 atom stereocenters. The van der Waals surface area contributed by atoms with Gasteiger partial charge in [-0.25, -0.2) is 4.98 Å². The van der Waals surface area contributed by atoms with E-state index >= 15 is 0 Å². The minimum absolute atomic E-state index is 0.196. The maximum absolute atomic E-state index is 12.8. The first kappa shape index (κ1) is 19.9. The van der Waals surface area contributed by atoms with Crippen LogP contribution in [0.5, 0.6) is 5.75 Å². The molecule has 2 aromatic heterocycles. The maximum atomic E-state index is 12.8. The van der Waals surface area contributed by atoms with Crippen LogP contribution in [-0.2, 0) is 4.79 Å². The van der Waals surface area contributed by atoms with E-state index < -0.39 is 11.6 Å². The largest absolute Gasteiger partial charge is 0.496 e. The summed E-state index contributed by atoms with van der Waals surface area (Å²) >= 11 is 0. The van der Waals surface area contributed by atoms with Crippen LogP contribution >= 0.6 is 0 Å². The van der Waals surface area contributed by atoms with E-state index in [-0.39, 0.29) is 5.70 Å². The second kappa shape index (κ2) is 7.71. The number of aromatic amines is 1. The Morgan fingerprint density at radius 3 is 2.41 bits per heavy atom. The molecule has 6 heteroatoms. The van der Waals surface area contributed by atoms with Crippen LogP contribution in [0.3, 0.4) is 0 Å². The highest BCUT2D eigenvalue weighted by molar-refractivity contribution is 6.52. The van der Waals surface area contributed by atoms with E-state index in [0.717, 1.165) is 27.4 Å². The van der Waals surface area contributed by atoms with Gasteiger partial charge < -0.3 is 15.0 Å². The number of allylic oxidation sites excluding steroid dienone is 1. The molecule has 34 heavy (non-hydrogen) atoms. The molecule has 1 aliphatic rings. The van der Waals surface area contributed by atoms with Crippen molar-refractivity contribution in [3.05, 3.63) is 95.7 Å². The van der Waals surface area contributed by atoms with E-state index in [9.17, 15) is 9.59 Å². The molecule has 1 aliphatic carbocycles. The van der Waals surface area contributed by atoms with E-state index in [1.165, 1.54) is 0 Å². The number of methoxy groups -OCH3 is 1. The number of ketones is 2. The molecule has 0 aliphatic heterocycles. The molecular formula is C28H19N3O3. The molecule has 0 fully saturated rings. The lowest BCUT2D eigenvalue weighted by Crippen LogP contribution is -2.25. The highest BCUT2D eigenvalue weighted by atomic mass is 16.5. The number of hydrogen-bond acceptors (Lipinski definition) is 5. The molecule has 6 nitrogen and oxygen atoms in total. The Morgan fingerprint density at radius 1 is 0.824 bits per heavy atom. The average Bonchev–Trinajstić information content (AvgIpc) is 3.25. The van der Waals surface area contributed by atoms with Crippen molar-refractivity contribution in [3.8, 4) is 17.0 Å². The third-order valence-corrected chi connectivity index (χ3v) is 6.08. The number of rotatable bonds is 4. The van der Waals surface area contributed by atoms with Gasteiger partial charge in [-0.3, -0.25) is 9.59 Å². The van der Waals surface area contributed by atoms with E-state index in [2.05, 4.69) is 10.3 Å². The van der Waals surface area contributed by atoms with Gasteiger partial charge in [0.15, 0.2) is 0 Å². The number of Topliss-reactive ketones (excluding diaryl/α,β-unsaturated/α-hetero) is 2. The Balaban J connectivity index is 1.56. The lowest BCUT2D eigenvalue weighted by Gasteiger charge is -2.16. The van der Waals surface area contributed by atoms with E-state index in [1.807, 2.05) is 66.7 Å². The second-order valence-electron chi connectivity index (χ2n) is 8.08. The predicted octanol–water partition coefficient (Wildman–Crippen LogP) is 5.61. The molecule has 0 spiro atoms. The predicted molar refractivity (Wildman–Crippen MR) is 133 cm³/mol. The Morgan fingerprint density at radius 2 is 1.56 bits per heavy atom. The molecule has 5 aromatic rings. The van der Waals surface area contributed by atoms with Gasteiger partial charge in [0.1, 0.15) is 17.3 Å². The topological polar surface area (TPSA) is 84.1 Å². The number of nitrogens with zero attached hydrogens (tertiary/aromatic N) is 1. The highest BCUT2D eigenvalue weighted by Crippen LogP contribution is 2.38. The number of fused-ring (bicyclic) bond motifs is 4. The molecule has 0 unspecified atom stereocenters. The van der Waals surface area contributed by atoms with Crippen LogP contribution < -0.4 is 10.1 Å². The van der Waals surface area contributed by atoms with Crippen molar-refractivity contribution < 1.29 is 14.3 Å². The zero-order valence-electron chi connectivity index (χ0n) is 18.3. The van der Waals surface area contributed by atoms with E-state index in [0.29, 0.717) is 28.4 Å². The molecule has 0 saturated carbocycles. The monoisotopic (exact) mass is 445 g/mol. The van der Waals surface area contributed by atoms with Gasteiger partial charge in [-0.15, -0.1) is 0 Å². The standard InChI is InChI=1S/C28H19N3O3/c1-34-23-13-7-5-11-19(23)25-26-20(18-10-4-6-12-21(18)30-26)15-24(31-25)29-22-14-16-8-2-3-9-17(16)27(32)28(22)33/h2-15,30H,1H3,(H,29,31). The van der Waals surface area contributed by atoms with Gasteiger partial charge >= 0.3 is 0 Å². The summed E-state index contributed by atoms with van der Waals surface area (Å²) < 4.78 is 5.60. The van der Waals surface area contributed by atoms with Crippen LogP contribution in [0.15, 0.2) is 84.6 Å². The number of carbonyl (C=O) groups is 2. The van der Waals surface area contributed by atoms with Crippen molar-refractivity contribution in [2.75, 3.05) is 12.4 Å². The Labute approximate surface area is 194 Å². The molecule has 0 radical (unpaired) electrons. The van der Waals surface area contributed by atoms with Crippen LogP contribution in [0.4, 0.5) is 5.82 Å². The Kier molecular flexibility index (Phi) is 4.52. The minimum Gasteiger partial charge on any atom is -0.496 e. The number of para-hydroxylation sites is 2. The molecule has 3 aromatic carbocycles. The minimum atomic E-state index is -0.585. The molecule has 2 heterocycles. The van der Waals surface area contributed by atoms with E-state index in [1.54, 1.807) is 25.3 Å². The van der Waals surface area contributed by atoms with Gasteiger partial charge in [0.2, 0.25) is 11.6 Å². The summed E-state index contributed by atoms with van der Waals surface area (Å²) in [6.45, 7) is 0. The van der Waals surface area contributed by atoms with E-state index in [4.69, 9.17) is 9.72 Å². The van der Waals surface area contributed by atoms with Crippen molar-refractivity contribution in [2.45, 2.75) is 0 Å². The number of nitrogens with one attached hydrogen (secondary N) is 2. The fourth-order valence-electron chi connectivity index (χ4n) is 4.47. The van der Waals surface area contributed by atoms with Gasteiger partial charge in [-0.2, -0.15) is 0 Å². The summed E-state index contributed by atoms with van der Waals surface area (Å²) in [6.07, 6.45) is 1.70. The fourth-order valence-corrected chi connectivity index (χ4v) is 4.47. The quantitative estimate of drug-likeness (QED) is 0.351. The first-order valence-corrected chi connectivity index (χ1v) is 10.9. The smallest absolute Gasteiger partial charge is 0.249 e. The first-order chi connectivity index (χ1) is 16.6. The maximum Gasteiger partial charge on any atom is 0.249 e. The summed E-state index contributed by atoms with van der Waals surface area (Å²) in [5.74, 6) is 0.0335. The van der Waals surface area contributed by atoms with Gasteiger partial charge in [0, 0.05) is 27.4 Å². The van der Waals surface area contributed by atoms with Gasteiger partial charge in [0.05, 0.1) is 18.3 Å². The average molecular weight is 445 g/mol. The summed E-state index contributed by atoms with van der Waals surface area (Å²) in [7, 11) is 1.62. The van der Waals surface area contributed by atoms with Crippen molar-refractivity contribution in [3.63, 3.8) is 0 Å². The van der Waals surface area contributed by atoms with Crippen molar-refractivity contribution in [1.29, 1.82) is 0 Å². The molecule has 2 N–H and O–H groups in total. The fraction of sp³-hybridized carbons (Fsp3) is 0.0357. The zero-order valence-corrected chi connectivity index (χ0v) is 18.3. The molecule has 0 amide bonds. The SMILES string of the molecule is COc1ccccc1-c1nc(NC2=Cc3ccccc3C(=O)C2=O)cc2c1[nH]c1ccccc12. The number of ether oxygens (including phenoxy) is 1. The highest BCUT2D eigenvalue weighted by Gasteiger charge is 2.28. The number of pyridine rings is 1. The Bertz CT molecular complexity index is 1660. The lowest BCUT2D eigenvalue weighted by atomic mass is 9.93. The van der Waals surface area contributed by atoms with Crippen LogP contribution in [0.1, 0.15) is 15.9 Å². The molecule has 164 valence electrons. The number of aromatic nitrogens is 2. The molecular weight excluding hydrogens is 426 g/mol. The normalized spacial score (nSPS) is 13.1. The van der Waals surface area contributed by atoms with Crippen LogP contribution in [-0.4, -0.2) is 28.6 Å². The lowest BCUT2D eigenvalue weighted by molar-refractivity contribution is -0.111. The number of hydrogen-bond donors (Lipinski definition) is 2. The third kappa shape index (κ3) is 3.08. The summed E-state index contributed by atoms with van der Waals surface area (Å²) in [6, 6.07) is 24.6. The summed E-state index contributed by atoms with van der Waals surface area (Å²) in [5, 5.41) is 5.10. The number of carbonyl (C=O) groups excluding carboxylic acids is 2. The van der Waals surface area contributed by atoms with Crippen molar-refractivity contribution in [2.24, 2.45) is 0 Å². The number of benzene rings is 3. The molecule has 6 rings (SSSR count). The van der Waals surface area contributed by atoms with Crippen LogP contribution in [0.25, 0.3) is 39.1 Å². The number of anilines is 1. The van der Waals surface area contributed by atoms with Gasteiger partial charge in [0.25, 0.3) is 0 Å². The van der Waals surface area contributed by atoms with Gasteiger partial charge in [-0.1, -0.05) is 54.6 Å². The van der Waals surface area contributed by atoms with Crippen molar-refractivity contribution >= 4 is 45.3 Å². The summed E-state index contributed by atoms with van der Waals surface area (Å²) in [5.41, 5.74) is 4.65. The third-order valence-electron chi connectivity index (χ3n) is 6.08. The van der Waals surface area contributed by atoms with Gasteiger partial charge in [-0.05, 0) is 35.9 Å². The second-order valence-corrected chi connectivity index (χ2v) is 8.08. The zero-order chi connectivity index (χ0) is 23.2.